The van der Waals surface area contributed by atoms with Crippen molar-refractivity contribution < 1.29 is 0 Å². The molecule has 16 heavy (non-hydrogen) atoms. The van der Waals surface area contributed by atoms with Gasteiger partial charge in [-0.05, 0) is 25.7 Å². The van der Waals surface area contributed by atoms with Gasteiger partial charge in [0.2, 0.25) is 0 Å². The number of hydrogen-bond acceptors (Lipinski definition) is 0. The summed E-state index contributed by atoms with van der Waals surface area (Å²) in [6.07, 6.45) is 18.6. The van der Waals surface area contributed by atoms with E-state index in [2.05, 4.69) is 32.9 Å². The average Bonchev–Trinajstić information content (AvgIpc) is 2.28. The van der Waals surface area contributed by atoms with Gasteiger partial charge in [0.25, 0.3) is 0 Å². The zero-order valence-corrected chi connectivity index (χ0v) is 11.8. The molecule has 0 bridgehead atoms. The van der Waals surface area contributed by atoms with Crippen LogP contribution in [0.15, 0.2) is 12.2 Å². The predicted octanol–water partition coefficient (Wildman–Crippen LogP) is 6.12. The molecule has 0 aromatic carbocycles. The van der Waals surface area contributed by atoms with Gasteiger partial charge in [0.05, 0.1) is 0 Å². The molecule has 96 valence electrons. The number of allylic oxidation sites excluding steroid dienone is 2. The van der Waals surface area contributed by atoms with Crippen molar-refractivity contribution in [2.24, 2.45) is 5.92 Å². The Morgan fingerprint density at radius 1 is 0.875 bits per heavy atom. The predicted molar refractivity (Wildman–Crippen MR) is 75.8 cm³/mol. The maximum atomic E-state index is 2.43. The van der Waals surface area contributed by atoms with Crippen molar-refractivity contribution in [2.45, 2.75) is 85.0 Å². The first kappa shape index (κ1) is 15.7. The smallest absolute Gasteiger partial charge is 0.0351 e. The Hall–Kier alpha value is -0.260. The Kier molecular flexibility index (Phi) is 12.6. The van der Waals surface area contributed by atoms with Crippen LogP contribution in [-0.2, 0) is 0 Å². The van der Waals surface area contributed by atoms with Crippen LogP contribution in [0.2, 0.25) is 0 Å². The van der Waals surface area contributed by atoms with E-state index in [-0.39, 0.29) is 0 Å². The average molecular weight is 224 g/mol. The van der Waals surface area contributed by atoms with Crippen LogP contribution >= 0.6 is 0 Å². The van der Waals surface area contributed by atoms with Crippen LogP contribution in [-0.4, -0.2) is 0 Å². The standard InChI is InChI=1S/C16H32/c1-4-6-8-10-12-14-16(3)15-13-11-9-7-5-2/h4,6,16H,5,7-15H2,1-3H3. The summed E-state index contributed by atoms with van der Waals surface area (Å²) in [5, 5.41) is 0. The highest BCUT2D eigenvalue weighted by Gasteiger charge is 2.01. The fourth-order valence-electron chi connectivity index (χ4n) is 2.16. The van der Waals surface area contributed by atoms with Gasteiger partial charge in [0, 0.05) is 0 Å². The molecule has 1 atom stereocenters. The van der Waals surface area contributed by atoms with Crippen molar-refractivity contribution in [1.29, 1.82) is 0 Å². The SMILES string of the molecule is CC=CCCCCC(C)CCCCCCC. The molecule has 0 N–H and O–H groups in total. The molecule has 0 aliphatic rings. The fourth-order valence-corrected chi connectivity index (χ4v) is 2.16. The molecule has 0 saturated carbocycles. The first-order valence-electron chi connectivity index (χ1n) is 7.42. The second-order valence-electron chi connectivity index (χ2n) is 5.16. The molecule has 0 saturated heterocycles. The van der Waals surface area contributed by atoms with E-state index in [4.69, 9.17) is 0 Å². The number of unbranched alkanes of at least 4 members (excludes halogenated alkanes) is 6. The summed E-state index contributed by atoms with van der Waals surface area (Å²) >= 11 is 0. The Bertz CT molecular complexity index is 146. The lowest BCUT2D eigenvalue weighted by Crippen LogP contribution is -1.94. The zero-order chi connectivity index (χ0) is 12.1. The molecule has 0 fully saturated rings. The van der Waals surface area contributed by atoms with Crippen molar-refractivity contribution in [3.8, 4) is 0 Å². The van der Waals surface area contributed by atoms with Gasteiger partial charge in [0.1, 0.15) is 0 Å². The third kappa shape index (κ3) is 11.8. The summed E-state index contributed by atoms with van der Waals surface area (Å²) in [5.41, 5.74) is 0. The highest BCUT2D eigenvalue weighted by atomic mass is 14.1. The van der Waals surface area contributed by atoms with Crippen molar-refractivity contribution in [3.05, 3.63) is 12.2 Å². The molecular weight excluding hydrogens is 192 g/mol. The van der Waals surface area contributed by atoms with E-state index < -0.39 is 0 Å². The Morgan fingerprint density at radius 3 is 2.12 bits per heavy atom. The summed E-state index contributed by atoms with van der Waals surface area (Å²) in [7, 11) is 0. The van der Waals surface area contributed by atoms with E-state index in [0.29, 0.717) is 0 Å². The molecule has 0 aromatic rings. The van der Waals surface area contributed by atoms with Crippen LogP contribution < -0.4 is 0 Å². The lowest BCUT2D eigenvalue weighted by molar-refractivity contribution is 0.439. The summed E-state index contributed by atoms with van der Waals surface area (Å²) in [6, 6.07) is 0. The van der Waals surface area contributed by atoms with Crippen LogP contribution in [0.1, 0.15) is 85.0 Å². The molecule has 0 nitrogen and oxygen atoms in total. The fraction of sp³-hybridized carbons (Fsp3) is 0.875. The molecule has 0 heteroatoms. The van der Waals surface area contributed by atoms with Gasteiger partial charge in [-0.1, -0.05) is 77.4 Å². The zero-order valence-electron chi connectivity index (χ0n) is 11.8. The number of hydrogen-bond donors (Lipinski definition) is 0. The molecule has 1 unspecified atom stereocenters. The maximum Gasteiger partial charge on any atom is -0.0351 e. The van der Waals surface area contributed by atoms with Gasteiger partial charge in [-0.3, -0.25) is 0 Å². The van der Waals surface area contributed by atoms with Gasteiger partial charge >= 0.3 is 0 Å². The van der Waals surface area contributed by atoms with Gasteiger partial charge in [0.15, 0.2) is 0 Å². The van der Waals surface area contributed by atoms with Crippen LogP contribution in [0, 0.1) is 5.92 Å². The van der Waals surface area contributed by atoms with Gasteiger partial charge in [-0.25, -0.2) is 0 Å². The molecule has 0 heterocycles. The Morgan fingerprint density at radius 2 is 1.50 bits per heavy atom. The highest BCUT2D eigenvalue weighted by molar-refractivity contribution is 4.76. The third-order valence-corrected chi connectivity index (χ3v) is 3.35. The second kappa shape index (κ2) is 12.8. The summed E-state index contributed by atoms with van der Waals surface area (Å²) in [4.78, 5) is 0. The lowest BCUT2D eigenvalue weighted by Gasteiger charge is -2.10. The lowest BCUT2D eigenvalue weighted by atomic mass is 9.96. The minimum atomic E-state index is 0.951. The van der Waals surface area contributed by atoms with Crippen LogP contribution in [0.3, 0.4) is 0 Å². The Balaban J connectivity index is 3.14. The minimum Gasteiger partial charge on any atom is -0.0917 e. The van der Waals surface area contributed by atoms with Crippen LogP contribution in [0.4, 0.5) is 0 Å². The maximum absolute atomic E-state index is 2.43. The summed E-state index contributed by atoms with van der Waals surface area (Å²) in [5.74, 6) is 0.951. The van der Waals surface area contributed by atoms with E-state index in [9.17, 15) is 0 Å². The largest absolute Gasteiger partial charge is 0.0917 e. The molecule has 0 amide bonds. The first-order chi connectivity index (χ1) is 7.81. The van der Waals surface area contributed by atoms with E-state index in [1.54, 1.807) is 0 Å². The van der Waals surface area contributed by atoms with Crippen LogP contribution in [0.25, 0.3) is 0 Å². The van der Waals surface area contributed by atoms with E-state index in [0.717, 1.165) is 5.92 Å². The summed E-state index contributed by atoms with van der Waals surface area (Å²) < 4.78 is 0. The van der Waals surface area contributed by atoms with Gasteiger partial charge in [-0.2, -0.15) is 0 Å². The van der Waals surface area contributed by atoms with E-state index in [1.165, 1.54) is 64.2 Å². The quantitative estimate of drug-likeness (QED) is 0.293. The molecule has 0 spiro atoms. The molecular formula is C16H32. The third-order valence-electron chi connectivity index (χ3n) is 3.35. The second-order valence-corrected chi connectivity index (χ2v) is 5.16. The molecule has 0 aromatic heterocycles. The molecule has 0 rings (SSSR count). The first-order valence-corrected chi connectivity index (χ1v) is 7.42. The molecule has 0 radical (unpaired) electrons. The monoisotopic (exact) mass is 224 g/mol. The minimum absolute atomic E-state index is 0.951. The Labute approximate surface area is 104 Å². The van der Waals surface area contributed by atoms with Crippen molar-refractivity contribution >= 4 is 0 Å². The topological polar surface area (TPSA) is 0 Å². The van der Waals surface area contributed by atoms with E-state index in [1.807, 2.05) is 0 Å². The van der Waals surface area contributed by atoms with Crippen molar-refractivity contribution in [1.82, 2.24) is 0 Å². The highest BCUT2D eigenvalue weighted by Crippen LogP contribution is 2.17. The van der Waals surface area contributed by atoms with Gasteiger partial charge in [-0.15, -0.1) is 0 Å². The van der Waals surface area contributed by atoms with Gasteiger partial charge < -0.3 is 0 Å². The van der Waals surface area contributed by atoms with E-state index >= 15 is 0 Å². The summed E-state index contributed by atoms with van der Waals surface area (Å²) in [6.45, 7) is 6.82. The van der Waals surface area contributed by atoms with Crippen LogP contribution in [0.5, 0.6) is 0 Å². The number of rotatable bonds is 11. The molecule has 0 aliphatic carbocycles. The molecule has 0 aliphatic heterocycles. The van der Waals surface area contributed by atoms with Crippen molar-refractivity contribution in [2.75, 3.05) is 0 Å². The van der Waals surface area contributed by atoms with Crippen molar-refractivity contribution in [3.63, 3.8) is 0 Å². The normalized spacial score (nSPS) is 13.4.